The van der Waals surface area contributed by atoms with Crippen LogP contribution < -0.4 is 15.5 Å². The van der Waals surface area contributed by atoms with Crippen LogP contribution in [0.4, 0.5) is 11.9 Å². The van der Waals surface area contributed by atoms with E-state index in [9.17, 15) is 4.79 Å². The van der Waals surface area contributed by atoms with E-state index in [2.05, 4.69) is 38.6 Å². The van der Waals surface area contributed by atoms with Crippen molar-refractivity contribution in [3.8, 4) is 0 Å². The minimum absolute atomic E-state index is 0.247. The van der Waals surface area contributed by atoms with Crippen molar-refractivity contribution in [2.75, 3.05) is 56.6 Å². The molecule has 1 fully saturated rings. The standard InChI is InChI=1S/C14H25N7O/c1-10(2)12-16-13(19(3)4)18-14(17-12)21-7-5-20(6-8-21)9-11(15)22/h10H,5-9H2,1-4H3,(H2,15,22). The van der Waals surface area contributed by atoms with Crippen molar-refractivity contribution in [1.82, 2.24) is 19.9 Å². The van der Waals surface area contributed by atoms with Crippen molar-refractivity contribution in [2.45, 2.75) is 19.8 Å². The van der Waals surface area contributed by atoms with Gasteiger partial charge in [0.2, 0.25) is 17.8 Å². The monoisotopic (exact) mass is 307 g/mol. The predicted molar refractivity (Wildman–Crippen MR) is 86.1 cm³/mol. The van der Waals surface area contributed by atoms with Crippen LogP contribution in [0, 0.1) is 0 Å². The van der Waals surface area contributed by atoms with Crippen molar-refractivity contribution < 1.29 is 4.79 Å². The summed E-state index contributed by atoms with van der Waals surface area (Å²) in [6.07, 6.45) is 0. The Labute approximate surface area is 131 Å². The Morgan fingerprint density at radius 1 is 1.18 bits per heavy atom. The summed E-state index contributed by atoms with van der Waals surface area (Å²) in [6, 6.07) is 0. The summed E-state index contributed by atoms with van der Waals surface area (Å²) in [6.45, 7) is 7.58. The van der Waals surface area contributed by atoms with Crippen molar-refractivity contribution in [2.24, 2.45) is 5.73 Å². The van der Waals surface area contributed by atoms with E-state index in [0.29, 0.717) is 18.4 Å². The van der Waals surface area contributed by atoms with Gasteiger partial charge in [0.05, 0.1) is 6.54 Å². The van der Waals surface area contributed by atoms with E-state index < -0.39 is 0 Å². The second-order valence-corrected chi connectivity index (χ2v) is 6.07. The summed E-state index contributed by atoms with van der Waals surface area (Å²) in [5, 5.41) is 0. The smallest absolute Gasteiger partial charge is 0.231 e. The van der Waals surface area contributed by atoms with Crippen LogP contribution >= 0.6 is 0 Å². The first kappa shape index (κ1) is 16.4. The quantitative estimate of drug-likeness (QED) is 0.796. The number of nitrogens with two attached hydrogens (primary N) is 1. The molecule has 22 heavy (non-hydrogen) atoms. The fourth-order valence-corrected chi connectivity index (χ4v) is 2.30. The number of amides is 1. The first-order valence-electron chi connectivity index (χ1n) is 7.55. The number of rotatable bonds is 5. The lowest BCUT2D eigenvalue weighted by Gasteiger charge is -2.34. The highest BCUT2D eigenvalue weighted by atomic mass is 16.1. The van der Waals surface area contributed by atoms with Gasteiger partial charge in [-0.05, 0) is 0 Å². The van der Waals surface area contributed by atoms with Crippen LogP contribution in [0.15, 0.2) is 0 Å². The number of anilines is 2. The van der Waals surface area contributed by atoms with E-state index in [-0.39, 0.29) is 11.8 Å². The maximum absolute atomic E-state index is 11.0. The van der Waals surface area contributed by atoms with Crippen LogP contribution in [0.25, 0.3) is 0 Å². The number of carbonyl (C=O) groups is 1. The Morgan fingerprint density at radius 2 is 1.82 bits per heavy atom. The van der Waals surface area contributed by atoms with Crippen molar-refractivity contribution in [1.29, 1.82) is 0 Å². The summed E-state index contributed by atoms with van der Waals surface area (Å²) >= 11 is 0. The molecule has 0 aromatic carbocycles. The highest BCUT2D eigenvalue weighted by molar-refractivity contribution is 5.75. The molecule has 122 valence electrons. The molecule has 8 heteroatoms. The zero-order chi connectivity index (χ0) is 16.3. The van der Waals surface area contributed by atoms with Gasteiger partial charge in [-0.2, -0.15) is 15.0 Å². The Kier molecular flexibility index (Phi) is 5.12. The molecular weight excluding hydrogens is 282 g/mol. The van der Waals surface area contributed by atoms with Gasteiger partial charge in [-0.25, -0.2) is 0 Å². The third-order valence-electron chi connectivity index (χ3n) is 3.58. The highest BCUT2D eigenvalue weighted by Gasteiger charge is 2.22. The molecule has 0 unspecified atom stereocenters. The van der Waals surface area contributed by atoms with Crippen molar-refractivity contribution in [3.05, 3.63) is 5.82 Å². The lowest BCUT2D eigenvalue weighted by atomic mass is 10.2. The molecule has 1 aromatic heterocycles. The number of nitrogens with zero attached hydrogens (tertiary/aromatic N) is 6. The lowest BCUT2D eigenvalue weighted by molar-refractivity contribution is -0.119. The van der Waals surface area contributed by atoms with E-state index in [1.165, 1.54) is 0 Å². The molecule has 0 spiro atoms. The van der Waals surface area contributed by atoms with Gasteiger partial charge in [0.1, 0.15) is 5.82 Å². The van der Waals surface area contributed by atoms with Gasteiger partial charge < -0.3 is 15.5 Å². The zero-order valence-electron chi connectivity index (χ0n) is 13.8. The highest BCUT2D eigenvalue weighted by Crippen LogP contribution is 2.18. The molecule has 2 heterocycles. The molecule has 1 aromatic rings. The number of primary amides is 1. The molecule has 2 rings (SSSR count). The molecule has 1 aliphatic heterocycles. The van der Waals surface area contributed by atoms with E-state index in [1.807, 2.05) is 19.0 Å². The van der Waals surface area contributed by atoms with E-state index in [1.54, 1.807) is 0 Å². The summed E-state index contributed by atoms with van der Waals surface area (Å²) in [5.74, 6) is 2.14. The van der Waals surface area contributed by atoms with Crippen molar-refractivity contribution in [3.63, 3.8) is 0 Å². The van der Waals surface area contributed by atoms with Crippen LogP contribution in [0.5, 0.6) is 0 Å². The zero-order valence-corrected chi connectivity index (χ0v) is 13.8. The van der Waals surface area contributed by atoms with Crippen LogP contribution in [0.2, 0.25) is 0 Å². The minimum Gasteiger partial charge on any atom is -0.369 e. The van der Waals surface area contributed by atoms with E-state index >= 15 is 0 Å². The molecule has 8 nitrogen and oxygen atoms in total. The van der Waals surface area contributed by atoms with Crippen LogP contribution in [-0.4, -0.2) is 72.6 Å². The van der Waals surface area contributed by atoms with Gasteiger partial charge in [0.15, 0.2) is 0 Å². The van der Waals surface area contributed by atoms with Gasteiger partial charge in [-0.3, -0.25) is 9.69 Å². The first-order chi connectivity index (χ1) is 10.4. The lowest BCUT2D eigenvalue weighted by Crippen LogP contribution is -2.49. The third-order valence-corrected chi connectivity index (χ3v) is 3.58. The summed E-state index contributed by atoms with van der Waals surface area (Å²) in [5.41, 5.74) is 5.24. The van der Waals surface area contributed by atoms with Crippen molar-refractivity contribution >= 4 is 17.8 Å². The average Bonchev–Trinajstić information content (AvgIpc) is 2.46. The Morgan fingerprint density at radius 3 is 2.32 bits per heavy atom. The van der Waals surface area contributed by atoms with Gasteiger partial charge in [-0.15, -0.1) is 0 Å². The normalized spacial score (nSPS) is 16.1. The van der Waals surface area contributed by atoms with Gasteiger partial charge in [-0.1, -0.05) is 13.8 Å². The van der Waals surface area contributed by atoms with E-state index in [4.69, 9.17) is 5.73 Å². The Hall–Kier alpha value is -1.96. The number of aromatic nitrogens is 3. The molecule has 0 radical (unpaired) electrons. The van der Waals surface area contributed by atoms with Crippen LogP contribution in [-0.2, 0) is 4.79 Å². The maximum atomic E-state index is 11.0. The van der Waals surface area contributed by atoms with Gasteiger partial charge >= 0.3 is 0 Å². The SMILES string of the molecule is CC(C)c1nc(N(C)C)nc(N2CCN(CC(N)=O)CC2)n1. The molecule has 0 bridgehead atoms. The average molecular weight is 307 g/mol. The fourth-order valence-electron chi connectivity index (χ4n) is 2.30. The summed E-state index contributed by atoms with van der Waals surface area (Å²) < 4.78 is 0. The second kappa shape index (κ2) is 6.87. The third kappa shape index (κ3) is 4.03. The molecule has 1 amide bonds. The molecule has 0 atom stereocenters. The number of hydrogen-bond donors (Lipinski definition) is 1. The molecule has 1 saturated heterocycles. The largest absolute Gasteiger partial charge is 0.369 e. The first-order valence-corrected chi connectivity index (χ1v) is 7.55. The topological polar surface area (TPSA) is 91.5 Å². The molecule has 1 aliphatic rings. The van der Waals surface area contributed by atoms with Crippen LogP contribution in [0.1, 0.15) is 25.6 Å². The van der Waals surface area contributed by atoms with Crippen LogP contribution in [0.3, 0.4) is 0 Å². The minimum atomic E-state index is -0.286. The summed E-state index contributed by atoms with van der Waals surface area (Å²) in [7, 11) is 3.85. The van der Waals surface area contributed by atoms with E-state index in [0.717, 1.165) is 32.0 Å². The molecule has 0 saturated carbocycles. The molecular formula is C14H25N7O. The molecule has 0 aliphatic carbocycles. The summed E-state index contributed by atoms with van der Waals surface area (Å²) in [4.78, 5) is 30.7. The Bertz CT molecular complexity index is 498. The number of carbonyl (C=O) groups excluding carboxylic acids is 1. The second-order valence-electron chi connectivity index (χ2n) is 6.07. The van der Waals surface area contributed by atoms with Gasteiger partial charge in [0, 0.05) is 46.2 Å². The molecule has 2 N–H and O–H groups in total. The van der Waals surface area contributed by atoms with Gasteiger partial charge in [0.25, 0.3) is 0 Å². The maximum Gasteiger partial charge on any atom is 0.231 e. The fraction of sp³-hybridized carbons (Fsp3) is 0.714. The number of piperazine rings is 1. The number of hydrogen-bond acceptors (Lipinski definition) is 7. The predicted octanol–water partition coefficient (Wildman–Crippen LogP) is -0.332. The Balaban J connectivity index is 2.14.